The number of hydrogen-bond acceptors (Lipinski definition) is 6. The summed E-state index contributed by atoms with van der Waals surface area (Å²) in [6.07, 6.45) is -0.169. The van der Waals surface area contributed by atoms with Gasteiger partial charge in [-0.2, -0.15) is 5.26 Å². The normalized spacial score (nSPS) is 25.6. The van der Waals surface area contributed by atoms with Gasteiger partial charge in [0, 0.05) is 85.9 Å². The van der Waals surface area contributed by atoms with Gasteiger partial charge < -0.3 is 19.9 Å². The lowest BCUT2D eigenvalue weighted by Crippen LogP contribution is -2.74. The Morgan fingerprint density at radius 2 is 1.75 bits per heavy atom. The molecule has 4 aliphatic rings. The van der Waals surface area contributed by atoms with Crippen LogP contribution in [0.2, 0.25) is 5.02 Å². The van der Waals surface area contributed by atoms with E-state index < -0.39 is 0 Å². The van der Waals surface area contributed by atoms with Gasteiger partial charge in [0.1, 0.15) is 17.9 Å². The summed E-state index contributed by atoms with van der Waals surface area (Å²) in [5.41, 5.74) is 1.97. The van der Waals surface area contributed by atoms with Gasteiger partial charge in [-0.15, -0.1) is 0 Å². The number of ether oxygens (including phenoxy) is 1. The highest BCUT2D eigenvalue weighted by atomic mass is 35.5. The van der Waals surface area contributed by atoms with Crippen LogP contribution in [-0.4, -0.2) is 84.0 Å². The van der Waals surface area contributed by atoms with Crippen LogP contribution < -0.4 is 10.1 Å². The van der Waals surface area contributed by atoms with Crippen LogP contribution in [-0.2, 0) is 6.54 Å². The number of rotatable bonds is 5. The average molecular weight is 562 g/mol. The fourth-order valence-electron chi connectivity index (χ4n) is 7.70. The molecule has 8 nitrogen and oxygen atoms in total. The Labute approximate surface area is 240 Å². The second kappa shape index (κ2) is 9.76. The van der Waals surface area contributed by atoms with Crippen LogP contribution in [0.4, 0.5) is 0 Å². The Balaban J connectivity index is 1.15. The Kier molecular flexibility index (Phi) is 6.60. The molecule has 3 aliphatic heterocycles. The first-order valence-electron chi connectivity index (χ1n) is 14.1. The SMILES string of the molecule is CC1(C)C(Oc2ccc(C#N)c(Cl)c2)C(C)(C)C1N1Cc2cc(C(=O)N3CCN(C4CNC4)CC3)ccc2C1=O. The quantitative estimate of drug-likeness (QED) is 0.598. The highest BCUT2D eigenvalue weighted by Gasteiger charge is 2.67. The van der Waals surface area contributed by atoms with E-state index in [0.29, 0.717) is 40.0 Å². The zero-order chi connectivity index (χ0) is 28.4. The third-order valence-electron chi connectivity index (χ3n) is 9.45. The zero-order valence-electron chi connectivity index (χ0n) is 23.5. The van der Waals surface area contributed by atoms with E-state index in [0.717, 1.165) is 44.8 Å². The summed E-state index contributed by atoms with van der Waals surface area (Å²) in [4.78, 5) is 33.4. The van der Waals surface area contributed by atoms with Crippen molar-refractivity contribution in [2.45, 2.75) is 52.4 Å². The minimum Gasteiger partial charge on any atom is -0.489 e. The number of benzene rings is 2. The van der Waals surface area contributed by atoms with Crippen molar-refractivity contribution in [1.29, 1.82) is 5.26 Å². The molecule has 6 rings (SSSR count). The number of piperazine rings is 1. The first-order valence-corrected chi connectivity index (χ1v) is 14.4. The minimum atomic E-state index is -0.337. The fraction of sp³-hybridized carbons (Fsp3) is 0.516. The van der Waals surface area contributed by atoms with Crippen molar-refractivity contribution in [3.8, 4) is 11.8 Å². The summed E-state index contributed by atoms with van der Waals surface area (Å²) < 4.78 is 6.43. The van der Waals surface area contributed by atoms with E-state index in [9.17, 15) is 14.9 Å². The second-order valence-corrected chi connectivity index (χ2v) is 13.1. The molecule has 1 N–H and O–H groups in total. The van der Waals surface area contributed by atoms with Gasteiger partial charge in [-0.1, -0.05) is 39.3 Å². The summed E-state index contributed by atoms with van der Waals surface area (Å²) in [5, 5.41) is 12.9. The maximum Gasteiger partial charge on any atom is 0.254 e. The van der Waals surface area contributed by atoms with E-state index in [-0.39, 0.29) is 34.8 Å². The number of halogens is 1. The number of nitriles is 1. The molecule has 0 aromatic heterocycles. The van der Waals surface area contributed by atoms with Gasteiger partial charge in [0.05, 0.1) is 10.6 Å². The molecule has 3 fully saturated rings. The molecule has 2 saturated heterocycles. The van der Waals surface area contributed by atoms with Crippen LogP contribution in [0.1, 0.15) is 59.5 Å². The van der Waals surface area contributed by atoms with Gasteiger partial charge in [0.15, 0.2) is 0 Å². The van der Waals surface area contributed by atoms with Crippen molar-refractivity contribution < 1.29 is 14.3 Å². The van der Waals surface area contributed by atoms with Crippen molar-refractivity contribution in [3.63, 3.8) is 0 Å². The lowest BCUT2D eigenvalue weighted by Gasteiger charge is -2.65. The molecule has 0 atom stereocenters. The standard InChI is InChI=1S/C31H36ClN5O3/c1-30(2)28(31(3,4)29(30)40-23-7-5-20(15-33)25(32)14-23)37-18-21-13-19(6-8-24(21)27(37)39)26(38)36-11-9-35(10-12-36)22-16-34-17-22/h5-8,13-14,22,28-29,34H,9-12,16-18H2,1-4H3. The van der Waals surface area contributed by atoms with Gasteiger partial charge in [0.25, 0.3) is 11.8 Å². The van der Waals surface area contributed by atoms with Crippen molar-refractivity contribution in [3.05, 3.63) is 63.7 Å². The molecule has 2 aromatic carbocycles. The summed E-state index contributed by atoms with van der Waals surface area (Å²) in [5.74, 6) is 0.652. The lowest BCUT2D eigenvalue weighted by molar-refractivity contribution is -0.199. The number of carbonyl (C=O) groups excluding carboxylic acids is 2. The molecular weight excluding hydrogens is 526 g/mol. The molecule has 0 unspecified atom stereocenters. The lowest BCUT2D eigenvalue weighted by atomic mass is 9.49. The fourth-order valence-corrected chi connectivity index (χ4v) is 7.91. The van der Waals surface area contributed by atoms with Crippen molar-refractivity contribution in [2.24, 2.45) is 10.8 Å². The van der Waals surface area contributed by atoms with E-state index in [1.807, 2.05) is 28.0 Å². The van der Waals surface area contributed by atoms with Gasteiger partial charge in [0.2, 0.25) is 0 Å². The van der Waals surface area contributed by atoms with Crippen LogP contribution in [0.5, 0.6) is 5.75 Å². The van der Waals surface area contributed by atoms with E-state index in [1.165, 1.54) is 0 Å². The van der Waals surface area contributed by atoms with Crippen molar-refractivity contribution >= 4 is 23.4 Å². The molecule has 0 spiro atoms. The molecular formula is C31H36ClN5O3. The summed E-state index contributed by atoms with van der Waals surface area (Å²) >= 11 is 6.24. The van der Waals surface area contributed by atoms with E-state index in [2.05, 4.69) is 44.0 Å². The number of hydrogen-bond donors (Lipinski definition) is 1. The third kappa shape index (κ3) is 4.27. The predicted molar refractivity (Wildman–Crippen MR) is 152 cm³/mol. The monoisotopic (exact) mass is 561 g/mol. The molecule has 2 amide bonds. The smallest absolute Gasteiger partial charge is 0.254 e. The largest absolute Gasteiger partial charge is 0.489 e. The summed E-state index contributed by atoms with van der Waals surface area (Å²) in [6.45, 7) is 14.3. The number of fused-ring (bicyclic) bond motifs is 1. The number of nitrogens with one attached hydrogen (secondary N) is 1. The Morgan fingerprint density at radius 3 is 2.35 bits per heavy atom. The molecule has 2 aromatic rings. The van der Waals surface area contributed by atoms with Crippen LogP contribution in [0.25, 0.3) is 0 Å². The summed E-state index contributed by atoms with van der Waals surface area (Å²) in [7, 11) is 0. The van der Waals surface area contributed by atoms with Gasteiger partial charge in [-0.3, -0.25) is 14.5 Å². The third-order valence-corrected chi connectivity index (χ3v) is 9.76. The van der Waals surface area contributed by atoms with E-state index >= 15 is 0 Å². The molecule has 0 bridgehead atoms. The van der Waals surface area contributed by atoms with E-state index in [1.54, 1.807) is 18.2 Å². The number of carbonyl (C=O) groups is 2. The Hall–Kier alpha value is -3.12. The van der Waals surface area contributed by atoms with Crippen molar-refractivity contribution in [2.75, 3.05) is 39.3 Å². The van der Waals surface area contributed by atoms with Crippen molar-refractivity contribution in [1.82, 2.24) is 20.0 Å². The van der Waals surface area contributed by atoms with Crippen LogP contribution >= 0.6 is 11.6 Å². The molecule has 1 saturated carbocycles. The van der Waals surface area contributed by atoms with Crippen LogP contribution in [0.3, 0.4) is 0 Å². The minimum absolute atomic E-state index is 0.00254. The van der Waals surface area contributed by atoms with E-state index in [4.69, 9.17) is 16.3 Å². The van der Waals surface area contributed by atoms with Gasteiger partial charge in [-0.25, -0.2) is 0 Å². The van der Waals surface area contributed by atoms with Crippen LogP contribution in [0, 0.1) is 22.2 Å². The second-order valence-electron chi connectivity index (χ2n) is 12.7. The van der Waals surface area contributed by atoms with Crippen LogP contribution in [0.15, 0.2) is 36.4 Å². The molecule has 1 aliphatic carbocycles. The first kappa shape index (κ1) is 27.1. The van der Waals surface area contributed by atoms with Gasteiger partial charge in [-0.05, 0) is 35.9 Å². The zero-order valence-corrected chi connectivity index (χ0v) is 24.3. The summed E-state index contributed by atoms with van der Waals surface area (Å²) in [6, 6.07) is 13.3. The highest BCUT2D eigenvalue weighted by Crippen LogP contribution is 2.59. The molecule has 9 heteroatoms. The molecule has 0 radical (unpaired) electrons. The Bertz CT molecular complexity index is 1390. The molecule has 210 valence electrons. The average Bonchev–Trinajstić information content (AvgIpc) is 3.20. The predicted octanol–water partition coefficient (Wildman–Crippen LogP) is 3.78. The highest BCUT2D eigenvalue weighted by molar-refractivity contribution is 6.31. The maximum absolute atomic E-state index is 13.6. The first-order chi connectivity index (χ1) is 19.0. The number of amides is 2. The Morgan fingerprint density at radius 1 is 1.05 bits per heavy atom. The van der Waals surface area contributed by atoms with Gasteiger partial charge >= 0.3 is 0 Å². The molecule has 40 heavy (non-hydrogen) atoms. The number of nitrogens with zero attached hydrogens (tertiary/aromatic N) is 4. The molecule has 3 heterocycles. The maximum atomic E-state index is 13.6. The topological polar surface area (TPSA) is 88.9 Å².